The molecule has 1 atom stereocenters. The van der Waals surface area contributed by atoms with Gasteiger partial charge in [0.1, 0.15) is 0 Å². The van der Waals surface area contributed by atoms with Crippen LogP contribution >= 0.6 is 0 Å². The van der Waals surface area contributed by atoms with Crippen molar-refractivity contribution in [1.29, 1.82) is 0 Å². The molecule has 0 aliphatic carbocycles. The zero-order valence-electron chi connectivity index (χ0n) is 12.6. The molecular formula is C18H21FN2O. The second-order valence-corrected chi connectivity index (χ2v) is 5.80. The fourth-order valence-electron chi connectivity index (χ4n) is 3.24. The smallest absolute Gasteiger partial charge is 0.151 e. The van der Waals surface area contributed by atoms with Crippen molar-refractivity contribution in [3.63, 3.8) is 0 Å². The van der Waals surface area contributed by atoms with E-state index < -0.39 is 0 Å². The first-order valence-electron chi connectivity index (χ1n) is 7.82. The molecule has 1 fully saturated rings. The molecule has 3 rings (SSSR count). The highest BCUT2D eigenvalue weighted by Crippen LogP contribution is 2.31. The second-order valence-electron chi connectivity index (χ2n) is 5.80. The second kappa shape index (κ2) is 6.88. The highest BCUT2D eigenvalue weighted by molar-refractivity contribution is 5.50. The van der Waals surface area contributed by atoms with Crippen LogP contribution in [0, 0.1) is 5.82 Å². The number of aliphatic hydroxyl groups excluding tert-OH is 1. The van der Waals surface area contributed by atoms with E-state index in [1.54, 1.807) is 12.1 Å². The number of nitrogens with zero attached hydrogens (tertiary/aromatic N) is 2. The van der Waals surface area contributed by atoms with E-state index in [1.165, 1.54) is 5.56 Å². The highest BCUT2D eigenvalue weighted by Gasteiger charge is 2.21. The molecule has 1 aromatic heterocycles. The van der Waals surface area contributed by atoms with Gasteiger partial charge in [-0.15, -0.1) is 0 Å². The van der Waals surface area contributed by atoms with Gasteiger partial charge in [0.15, 0.2) is 5.82 Å². The van der Waals surface area contributed by atoms with Crippen molar-refractivity contribution < 1.29 is 9.50 Å². The van der Waals surface area contributed by atoms with Crippen LogP contribution in [0.3, 0.4) is 0 Å². The molecule has 0 radical (unpaired) electrons. The SMILES string of the molecule is OCc1cccc(N2CCCC(c3ccncc3)CC2)c1F. The third-order valence-corrected chi connectivity index (χ3v) is 4.47. The van der Waals surface area contributed by atoms with E-state index in [0.29, 0.717) is 17.2 Å². The number of aromatic nitrogens is 1. The van der Waals surface area contributed by atoms with Crippen LogP contribution in [0.4, 0.5) is 10.1 Å². The molecule has 0 saturated carbocycles. The zero-order chi connectivity index (χ0) is 15.4. The number of benzene rings is 1. The van der Waals surface area contributed by atoms with Gasteiger partial charge in [-0.1, -0.05) is 12.1 Å². The third kappa shape index (κ3) is 3.12. The Morgan fingerprint density at radius 1 is 1.14 bits per heavy atom. The summed E-state index contributed by atoms with van der Waals surface area (Å²) in [7, 11) is 0. The number of pyridine rings is 1. The Morgan fingerprint density at radius 3 is 2.73 bits per heavy atom. The first kappa shape index (κ1) is 15.0. The normalized spacial score (nSPS) is 19.0. The van der Waals surface area contributed by atoms with Crippen molar-refractivity contribution in [3.8, 4) is 0 Å². The Balaban J connectivity index is 1.76. The summed E-state index contributed by atoms with van der Waals surface area (Å²) < 4.78 is 14.4. The lowest BCUT2D eigenvalue weighted by Gasteiger charge is -2.24. The van der Waals surface area contributed by atoms with Crippen LogP contribution in [0.1, 0.15) is 36.3 Å². The Morgan fingerprint density at radius 2 is 1.95 bits per heavy atom. The van der Waals surface area contributed by atoms with E-state index in [0.717, 1.165) is 32.4 Å². The average molecular weight is 300 g/mol. The van der Waals surface area contributed by atoms with Crippen molar-refractivity contribution >= 4 is 5.69 Å². The molecule has 4 heteroatoms. The topological polar surface area (TPSA) is 36.4 Å². The van der Waals surface area contributed by atoms with E-state index in [-0.39, 0.29) is 12.4 Å². The van der Waals surface area contributed by atoms with Gasteiger partial charge >= 0.3 is 0 Å². The minimum Gasteiger partial charge on any atom is -0.392 e. The van der Waals surface area contributed by atoms with Crippen molar-refractivity contribution in [2.75, 3.05) is 18.0 Å². The Labute approximate surface area is 130 Å². The molecule has 2 aromatic rings. The number of rotatable bonds is 3. The largest absolute Gasteiger partial charge is 0.392 e. The van der Waals surface area contributed by atoms with Crippen LogP contribution < -0.4 is 4.90 Å². The first-order valence-corrected chi connectivity index (χ1v) is 7.82. The Kier molecular flexibility index (Phi) is 4.68. The van der Waals surface area contributed by atoms with Crippen LogP contribution in [0.25, 0.3) is 0 Å². The van der Waals surface area contributed by atoms with Gasteiger partial charge in [0.25, 0.3) is 0 Å². The maximum atomic E-state index is 14.4. The molecule has 1 aromatic carbocycles. The van der Waals surface area contributed by atoms with Gasteiger partial charge in [-0.2, -0.15) is 0 Å². The first-order chi connectivity index (χ1) is 10.8. The van der Waals surface area contributed by atoms with Crippen LogP contribution in [0.15, 0.2) is 42.7 Å². The number of halogens is 1. The van der Waals surface area contributed by atoms with Gasteiger partial charge in [0, 0.05) is 31.0 Å². The van der Waals surface area contributed by atoms with Gasteiger partial charge in [-0.05, 0) is 48.9 Å². The molecule has 116 valence electrons. The molecule has 1 aliphatic heterocycles. The molecule has 1 unspecified atom stereocenters. The molecular weight excluding hydrogens is 279 g/mol. The summed E-state index contributed by atoms with van der Waals surface area (Å²) in [5.41, 5.74) is 2.30. The standard InChI is InChI=1S/C18H21FN2O/c19-18-16(13-22)3-1-5-17(18)21-11-2-4-14(8-12-21)15-6-9-20-10-7-15/h1,3,5-7,9-10,14,22H,2,4,8,11-13H2. The number of hydrogen-bond acceptors (Lipinski definition) is 3. The van der Waals surface area contributed by atoms with Crippen LogP contribution in [-0.2, 0) is 6.61 Å². The van der Waals surface area contributed by atoms with Crippen molar-refractivity contribution in [2.24, 2.45) is 0 Å². The number of aliphatic hydroxyl groups is 1. The van der Waals surface area contributed by atoms with E-state index in [9.17, 15) is 9.50 Å². The number of anilines is 1. The summed E-state index contributed by atoms with van der Waals surface area (Å²) in [5.74, 6) is 0.226. The van der Waals surface area contributed by atoms with E-state index in [4.69, 9.17) is 0 Å². The maximum absolute atomic E-state index is 14.4. The Hall–Kier alpha value is -1.94. The summed E-state index contributed by atoms with van der Waals surface area (Å²) in [6.07, 6.45) is 6.83. The quantitative estimate of drug-likeness (QED) is 0.942. The van der Waals surface area contributed by atoms with Gasteiger partial charge in [0.2, 0.25) is 0 Å². The molecule has 1 N–H and O–H groups in total. The minimum atomic E-state index is -0.285. The monoisotopic (exact) mass is 300 g/mol. The Bertz CT molecular complexity index is 618. The molecule has 1 aliphatic rings. The highest BCUT2D eigenvalue weighted by atomic mass is 19.1. The van der Waals surface area contributed by atoms with Gasteiger partial charge < -0.3 is 10.0 Å². The maximum Gasteiger partial charge on any atom is 0.151 e. The van der Waals surface area contributed by atoms with Gasteiger partial charge in [-0.3, -0.25) is 4.98 Å². The van der Waals surface area contributed by atoms with E-state index in [2.05, 4.69) is 22.0 Å². The fourth-order valence-corrected chi connectivity index (χ4v) is 3.24. The van der Waals surface area contributed by atoms with Crippen LogP contribution in [-0.4, -0.2) is 23.2 Å². The van der Waals surface area contributed by atoms with Crippen LogP contribution in [0.5, 0.6) is 0 Å². The molecule has 0 spiro atoms. The molecule has 0 bridgehead atoms. The lowest BCUT2D eigenvalue weighted by molar-refractivity contribution is 0.276. The third-order valence-electron chi connectivity index (χ3n) is 4.47. The average Bonchev–Trinajstić information content (AvgIpc) is 2.82. The van der Waals surface area contributed by atoms with Crippen molar-refractivity contribution in [3.05, 3.63) is 59.7 Å². The van der Waals surface area contributed by atoms with Crippen molar-refractivity contribution in [2.45, 2.75) is 31.8 Å². The van der Waals surface area contributed by atoms with E-state index in [1.807, 2.05) is 18.5 Å². The van der Waals surface area contributed by atoms with Gasteiger partial charge in [-0.25, -0.2) is 4.39 Å². The molecule has 2 heterocycles. The molecule has 0 amide bonds. The summed E-state index contributed by atoms with van der Waals surface area (Å²) >= 11 is 0. The fraction of sp³-hybridized carbons (Fsp3) is 0.389. The number of hydrogen-bond donors (Lipinski definition) is 1. The predicted molar refractivity (Wildman–Crippen MR) is 85.4 cm³/mol. The summed E-state index contributed by atoms with van der Waals surface area (Å²) in [6, 6.07) is 9.41. The van der Waals surface area contributed by atoms with E-state index >= 15 is 0 Å². The van der Waals surface area contributed by atoms with Gasteiger partial charge in [0.05, 0.1) is 12.3 Å². The predicted octanol–water partition coefficient (Wildman–Crippen LogP) is 3.49. The van der Waals surface area contributed by atoms with Crippen LogP contribution in [0.2, 0.25) is 0 Å². The lowest BCUT2D eigenvalue weighted by Crippen LogP contribution is -2.25. The summed E-state index contributed by atoms with van der Waals surface area (Å²) in [6.45, 7) is 1.43. The summed E-state index contributed by atoms with van der Waals surface area (Å²) in [4.78, 5) is 6.18. The molecule has 3 nitrogen and oxygen atoms in total. The minimum absolute atomic E-state index is 0.257. The van der Waals surface area contributed by atoms with Crippen molar-refractivity contribution in [1.82, 2.24) is 4.98 Å². The summed E-state index contributed by atoms with van der Waals surface area (Å²) in [5, 5.41) is 9.22. The lowest BCUT2D eigenvalue weighted by atomic mass is 9.93. The molecule has 22 heavy (non-hydrogen) atoms. The molecule has 1 saturated heterocycles. The zero-order valence-corrected chi connectivity index (χ0v) is 12.6.